The first-order chi connectivity index (χ1) is 11.9. The van der Waals surface area contributed by atoms with E-state index in [0.29, 0.717) is 6.10 Å². The molecule has 0 aromatic rings. The van der Waals surface area contributed by atoms with Crippen molar-refractivity contribution >= 4 is 12.0 Å². The Hall–Kier alpha value is -1.34. The van der Waals surface area contributed by atoms with Crippen LogP contribution in [-0.2, 0) is 9.53 Å². The summed E-state index contributed by atoms with van der Waals surface area (Å²) in [6, 6.07) is 0.687. The molecule has 3 aliphatic rings. The lowest BCUT2D eigenvalue weighted by atomic mass is 9.50. The number of carbonyl (C=O) groups excluding carboxylic acids is 1. The molecule has 7 nitrogen and oxygen atoms in total. The van der Waals surface area contributed by atoms with Gasteiger partial charge in [0.25, 0.3) is 0 Å². The number of carbonyl (C=O) groups is 2. The molecule has 25 heavy (non-hydrogen) atoms. The highest BCUT2D eigenvalue weighted by atomic mass is 16.5. The number of hydrogen-bond acceptors (Lipinski definition) is 4. The Morgan fingerprint density at radius 2 is 1.96 bits per heavy atom. The van der Waals surface area contributed by atoms with Gasteiger partial charge in [0.15, 0.2) is 0 Å². The van der Waals surface area contributed by atoms with Crippen LogP contribution in [0.1, 0.15) is 45.4 Å². The fraction of sp³-hybridized carbons (Fsp3) is 0.889. The molecule has 0 radical (unpaired) electrons. The van der Waals surface area contributed by atoms with Crippen molar-refractivity contribution in [3.05, 3.63) is 0 Å². The number of carboxylic acids is 1. The standard InChI is InChI=1S/C18H31N3O4/c1-4-21(11-16(22)23)13-8-12(9-13)19-17(24)20(2)14-10-15(25-3)18(14)6-5-7-18/h12-15H,4-11H2,1-3H3,(H,19,24)(H,22,23). The van der Waals surface area contributed by atoms with Crippen LogP contribution in [0.2, 0.25) is 0 Å². The topological polar surface area (TPSA) is 82.1 Å². The highest BCUT2D eigenvalue weighted by molar-refractivity contribution is 5.75. The normalized spacial score (nSPS) is 32.5. The minimum atomic E-state index is -0.794. The van der Waals surface area contributed by atoms with Gasteiger partial charge in [-0.15, -0.1) is 0 Å². The van der Waals surface area contributed by atoms with Gasteiger partial charge in [-0.3, -0.25) is 9.69 Å². The molecule has 142 valence electrons. The molecule has 2 amide bonds. The number of carboxylic acid groups (broad SMARTS) is 1. The molecule has 3 rings (SSSR count). The predicted octanol–water partition coefficient (Wildman–Crippen LogP) is 1.52. The number of ether oxygens (including phenoxy) is 1. The first-order valence-corrected chi connectivity index (χ1v) is 9.43. The first-order valence-electron chi connectivity index (χ1n) is 9.43. The second kappa shape index (κ2) is 7.11. The van der Waals surface area contributed by atoms with Crippen molar-refractivity contribution in [2.24, 2.45) is 5.41 Å². The number of likely N-dealkylation sites (N-methyl/N-ethyl adjacent to an activating group) is 1. The summed E-state index contributed by atoms with van der Waals surface area (Å²) in [7, 11) is 3.66. The molecule has 0 heterocycles. The number of aliphatic carboxylic acids is 1. The number of methoxy groups -OCH3 is 1. The van der Waals surface area contributed by atoms with Gasteiger partial charge < -0.3 is 20.1 Å². The van der Waals surface area contributed by atoms with E-state index in [1.54, 1.807) is 7.11 Å². The largest absolute Gasteiger partial charge is 0.480 e. The van der Waals surface area contributed by atoms with Crippen molar-refractivity contribution in [1.82, 2.24) is 15.1 Å². The molecule has 2 unspecified atom stereocenters. The van der Waals surface area contributed by atoms with Gasteiger partial charge in [-0.1, -0.05) is 13.3 Å². The molecule has 1 spiro atoms. The van der Waals surface area contributed by atoms with Gasteiger partial charge in [-0.2, -0.15) is 0 Å². The molecule has 0 aromatic carbocycles. The van der Waals surface area contributed by atoms with Crippen LogP contribution in [0.4, 0.5) is 4.79 Å². The maximum absolute atomic E-state index is 12.6. The van der Waals surface area contributed by atoms with Gasteiger partial charge in [0, 0.05) is 37.7 Å². The van der Waals surface area contributed by atoms with Crippen molar-refractivity contribution in [3.8, 4) is 0 Å². The maximum Gasteiger partial charge on any atom is 0.317 e. The molecule has 0 bridgehead atoms. The van der Waals surface area contributed by atoms with Crippen LogP contribution in [0.5, 0.6) is 0 Å². The Morgan fingerprint density at radius 3 is 2.44 bits per heavy atom. The van der Waals surface area contributed by atoms with Gasteiger partial charge in [0.05, 0.1) is 12.6 Å². The summed E-state index contributed by atoms with van der Waals surface area (Å²) in [6.07, 6.45) is 6.42. The Bertz CT molecular complexity index is 516. The number of nitrogens with zero attached hydrogens (tertiary/aromatic N) is 2. The third-order valence-electron chi connectivity index (χ3n) is 6.80. The fourth-order valence-corrected chi connectivity index (χ4v) is 4.94. The van der Waals surface area contributed by atoms with Crippen LogP contribution in [0.3, 0.4) is 0 Å². The summed E-state index contributed by atoms with van der Waals surface area (Å²) in [5, 5.41) is 12.1. The summed E-state index contributed by atoms with van der Waals surface area (Å²) in [5.74, 6) is -0.794. The number of amides is 2. The van der Waals surface area contributed by atoms with Crippen LogP contribution in [0, 0.1) is 5.41 Å². The Morgan fingerprint density at radius 1 is 1.28 bits per heavy atom. The third kappa shape index (κ3) is 3.24. The SMILES string of the molecule is CCN(CC(=O)O)C1CC(NC(=O)N(C)C2CC(OC)C23CCC3)C1. The monoisotopic (exact) mass is 353 g/mol. The van der Waals surface area contributed by atoms with Crippen LogP contribution in [0.25, 0.3) is 0 Å². The maximum atomic E-state index is 12.6. The summed E-state index contributed by atoms with van der Waals surface area (Å²) in [6.45, 7) is 2.77. The minimum absolute atomic E-state index is 0.00411. The molecule has 2 atom stereocenters. The van der Waals surface area contributed by atoms with Crippen LogP contribution in [0.15, 0.2) is 0 Å². The number of nitrogens with one attached hydrogen (secondary N) is 1. The molecule has 3 fully saturated rings. The van der Waals surface area contributed by atoms with E-state index in [9.17, 15) is 9.59 Å². The highest BCUT2D eigenvalue weighted by Crippen LogP contribution is 2.58. The zero-order chi connectivity index (χ0) is 18.2. The molecule has 0 aromatic heterocycles. The van der Waals surface area contributed by atoms with E-state index in [1.165, 1.54) is 6.42 Å². The summed E-state index contributed by atoms with van der Waals surface area (Å²) in [5.41, 5.74) is 0.184. The van der Waals surface area contributed by atoms with Crippen molar-refractivity contribution in [3.63, 3.8) is 0 Å². The van der Waals surface area contributed by atoms with Crippen molar-refractivity contribution in [1.29, 1.82) is 0 Å². The average molecular weight is 353 g/mol. The van der Waals surface area contributed by atoms with E-state index in [2.05, 4.69) is 5.32 Å². The highest BCUT2D eigenvalue weighted by Gasteiger charge is 2.60. The number of rotatable bonds is 7. The summed E-state index contributed by atoms with van der Waals surface area (Å²) < 4.78 is 5.59. The van der Waals surface area contributed by atoms with E-state index in [4.69, 9.17) is 9.84 Å². The summed E-state index contributed by atoms with van der Waals surface area (Å²) >= 11 is 0. The van der Waals surface area contributed by atoms with E-state index in [1.807, 2.05) is 23.8 Å². The molecule has 0 saturated heterocycles. The Kier molecular flexibility index (Phi) is 5.25. The van der Waals surface area contributed by atoms with Gasteiger partial charge in [0.2, 0.25) is 0 Å². The fourth-order valence-electron chi connectivity index (χ4n) is 4.94. The molecular formula is C18H31N3O4. The number of urea groups is 1. The lowest BCUT2D eigenvalue weighted by Gasteiger charge is -2.62. The van der Waals surface area contributed by atoms with Crippen LogP contribution in [-0.4, -0.2) is 78.4 Å². The lowest BCUT2D eigenvalue weighted by Crippen LogP contribution is -2.69. The molecule has 3 aliphatic carbocycles. The smallest absolute Gasteiger partial charge is 0.317 e. The van der Waals surface area contributed by atoms with E-state index >= 15 is 0 Å². The van der Waals surface area contributed by atoms with Crippen LogP contribution >= 0.6 is 0 Å². The average Bonchev–Trinajstić information content (AvgIpc) is 2.45. The van der Waals surface area contributed by atoms with E-state index in [-0.39, 0.29) is 36.1 Å². The van der Waals surface area contributed by atoms with Gasteiger partial charge in [0.1, 0.15) is 0 Å². The third-order valence-corrected chi connectivity index (χ3v) is 6.80. The molecule has 3 saturated carbocycles. The van der Waals surface area contributed by atoms with E-state index in [0.717, 1.165) is 38.6 Å². The quantitative estimate of drug-likeness (QED) is 0.725. The predicted molar refractivity (Wildman–Crippen MR) is 93.5 cm³/mol. The second-order valence-corrected chi connectivity index (χ2v) is 7.90. The van der Waals surface area contributed by atoms with Gasteiger partial charge in [-0.25, -0.2) is 4.79 Å². The molecule has 2 N–H and O–H groups in total. The van der Waals surface area contributed by atoms with Crippen molar-refractivity contribution < 1.29 is 19.4 Å². The van der Waals surface area contributed by atoms with E-state index < -0.39 is 5.97 Å². The zero-order valence-corrected chi connectivity index (χ0v) is 15.5. The van der Waals surface area contributed by atoms with Gasteiger partial charge >= 0.3 is 12.0 Å². The Labute approximate surface area is 149 Å². The summed E-state index contributed by atoms with van der Waals surface area (Å²) in [4.78, 5) is 27.3. The second-order valence-electron chi connectivity index (χ2n) is 7.90. The lowest BCUT2D eigenvalue weighted by molar-refractivity contribution is -0.182. The molecule has 7 heteroatoms. The van der Waals surface area contributed by atoms with Crippen molar-refractivity contribution in [2.75, 3.05) is 27.2 Å². The minimum Gasteiger partial charge on any atom is -0.480 e. The Balaban J connectivity index is 1.45. The first kappa shape index (κ1) is 18.5. The van der Waals surface area contributed by atoms with Crippen LogP contribution < -0.4 is 5.32 Å². The number of hydrogen-bond donors (Lipinski definition) is 2. The zero-order valence-electron chi connectivity index (χ0n) is 15.5. The van der Waals surface area contributed by atoms with Gasteiger partial charge in [-0.05, 0) is 38.6 Å². The molecule has 0 aliphatic heterocycles. The van der Waals surface area contributed by atoms with Crippen molar-refractivity contribution in [2.45, 2.75) is 69.7 Å². The molecular weight excluding hydrogens is 322 g/mol.